The summed E-state index contributed by atoms with van der Waals surface area (Å²) in [4.78, 5) is 0. The molecular weight excluding hydrogens is 214 g/mol. The van der Waals surface area contributed by atoms with Gasteiger partial charge >= 0.3 is 0 Å². The molecule has 94 valence electrons. The smallest absolute Gasteiger partial charge is 0.126 e. The fourth-order valence-electron chi connectivity index (χ4n) is 2.15. The molecule has 0 spiro atoms. The highest BCUT2D eigenvalue weighted by Gasteiger charge is 2.23. The number of rotatable bonds is 2. The monoisotopic (exact) mass is 235 g/mol. The Hall–Kier alpha value is -1.06. The number of aliphatic hydroxyl groups is 1. The highest BCUT2D eigenvalue weighted by Crippen LogP contribution is 2.24. The maximum atomic E-state index is 10.0. The van der Waals surface area contributed by atoms with Gasteiger partial charge in [-0.25, -0.2) is 0 Å². The Morgan fingerprint density at radius 2 is 2.00 bits per heavy atom. The van der Waals surface area contributed by atoms with Crippen molar-refractivity contribution in [2.24, 2.45) is 0 Å². The van der Waals surface area contributed by atoms with Crippen molar-refractivity contribution in [2.75, 3.05) is 13.1 Å². The quantitative estimate of drug-likeness (QED) is 0.821. The van der Waals surface area contributed by atoms with Crippen LogP contribution in [0.25, 0.3) is 0 Å². The van der Waals surface area contributed by atoms with Crippen molar-refractivity contribution in [3.05, 3.63) is 29.3 Å². The van der Waals surface area contributed by atoms with E-state index in [1.54, 1.807) is 0 Å². The van der Waals surface area contributed by atoms with E-state index in [-0.39, 0.29) is 12.2 Å². The van der Waals surface area contributed by atoms with Crippen LogP contribution < -0.4 is 10.1 Å². The standard InChI is InChI=1S/C14H21NO2/c1-10-4-3-5-13(11(10)2)17-14-7-9-15-8-6-12(14)16/h3-5,12,14-16H,6-9H2,1-2H3. The van der Waals surface area contributed by atoms with E-state index in [1.807, 2.05) is 12.1 Å². The van der Waals surface area contributed by atoms with Crippen LogP contribution in [0.1, 0.15) is 24.0 Å². The summed E-state index contributed by atoms with van der Waals surface area (Å²) < 4.78 is 5.97. The van der Waals surface area contributed by atoms with E-state index in [0.717, 1.165) is 37.2 Å². The van der Waals surface area contributed by atoms with Crippen molar-refractivity contribution in [2.45, 2.75) is 38.9 Å². The molecule has 2 atom stereocenters. The molecule has 0 saturated carbocycles. The zero-order valence-electron chi connectivity index (χ0n) is 10.6. The molecular formula is C14H21NO2. The topological polar surface area (TPSA) is 41.5 Å². The van der Waals surface area contributed by atoms with Gasteiger partial charge in [0.2, 0.25) is 0 Å². The summed E-state index contributed by atoms with van der Waals surface area (Å²) in [7, 11) is 0. The summed E-state index contributed by atoms with van der Waals surface area (Å²) in [6, 6.07) is 6.06. The van der Waals surface area contributed by atoms with Gasteiger partial charge in [-0.15, -0.1) is 0 Å². The fraction of sp³-hybridized carbons (Fsp3) is 0.571. The van der Waals surface area contributed by atoms with Crippen molar-refractivity contribution >= 4 is 0 Å². The van der Waals surface area contributed by atoms with Gasteiger partial charge in [0.05, 0.1) is 6.10 Å². The molecule has 1 aromatic rings. The largest absolute Gasteiger partial charge is 0.487 e. The van der Waals surface area contributed by atoms with Crippen LogP contribution in [-0.4, -0.2) is 30.4 Å². The first-order chi connectivity index (χ1) is 8.18. The fourth-order valence-corrected chi connectivity index (χ4v) is 2.15. The SMILES string of the molecule is Cc1cccc(OC2CCNCCC2O)c1C. The Morgan fingerprint density at radius 3 is 2.82 bits per heavy atom. The minimum absolute atomic E-state index is 0.0921. The van der Waals surface area contributed by atoms with Gasteiger partial charge in [0.1, 0.15) is 11.9 Å². The summed E-state index contributed by atoms with van der Waals surface area (Å²) in [5.41, 5.74) is 2.39. The van der Waals surface area contributed by atoms with Gasteiger partial charge in [-0.2, -0.15) is 0 Å². The highest BCUT2D eigenvalue weighted by atomic mass is 16.5. The zero-order valence-corrected chi connectivity index (χ0v) is 10.6. The number of hydrogen-bond donors (Lipinski definition) is 2. The Kier molecular flexibility index (Phi) is 4.02. The summed E-state index contributed by atoms with van der Waals surface area (Å²) >= 11 is 0. The normalized spacial score (nSPS) is 25.4. The second kappa shape index (κ2) is 5.52. The summed E-state index contributed by atoms with van der Waals surface area (Å²) in [5.74, 6) is 0.899. The molecule has 1 aliphatic heterocycles. The number of hydrogen-bond acceptors (Lipinski definition) is 3. The molecule has 3 heteroatoms. The molecule has 1 aliphatic rings. The maximum Gasteiger partial charge on any atom is 0.126 e. The minimum Gasteiger partial charge on any atom is -0.487 e. The molecule has 1 heterocycles. The third kappa shape index (κ3) is 2.99. The van der Waals surface area contributed by atoms with Crippen molar-refractivity contribution in [3.8, 4) is 5.75 Å². The second-order valence-electron chi connectivity index (χ2n) is 4.75. The van der Waals surface area contributed by atoms with Gasteiger partial charge in [-0.3, -0.25) is 0 Å². The molecule has 0 aliphatic carbocycles. The number of aliphatic hydroxyl groups excluding tert-OH is 1. The molecule has 1 aromatic carbocycles. The van der Waals surface area contributed by atoms with Gasteiger partial charge in [-0.1, -0.05) is 12.1 Å². The molecule has 0 bridgehead atoms. The van der Waals surface area contributed by atoms with Crippen LogP contribution in [0.2, 0.25) is 0 Å². The summed E-state index contributed by atoms with van der Waals surface area (Å²) in [6.45, 7) is 5.92. The molecule has 2 N–H and O–H groups in total. The molecule has 1 saturated heterocycles. The van der Waals surface area contributed by atoms with Crippen molar-refractivity contribution in [1.82, 2.24) is 5.32 Å². The third-order valence-corrected chi connectivity index (χ3v) is 3.48. The van der Waals surface area contributed by atoms with E-state index in [0.29, 0.717) is 0 Å². The van der Waals surface area contributed by atoms with E-state index in [4.69, 9.17) is 4.74 Å². The average molecular weight is 235 g/mol. The molecule has 1 fully saturated rings. The van der Waals surface area contributed by atoms with Gasteiger partial charge in [-0.05, 0) is 57.0 Å². The van der Waals surface area contributed by atoms with Gasteiger partial charge < -0.3 is 15.2 Å². The lowest BCUT2D eigenvalue weighted by Crippen LogP contribution is -2.31. The van der Waals surface area contributed by atoms with Crippen LogP contribution in [0.4, 0.5) is 0 Å². The molecule has 17 heavy (non-hydrogen) atoms. The van der Waals surface area contributed by atoms with E-state index in [2.05, 4.69) is 25.2 Å². The summed E-state index contributed by atoms with van der Waals surface area (Å²) in [5, 5.41) is 13.3. The van der Waals surface area contributed by atoms with Crippen molar-refractivity contribution < 1.29 is 9.84 Å². The number of benzene rings is 1. The molecule has 3 nitrogen and oxygen atoms in total. The lowest BCUT2D eigenvalue weighted by atomic mass is 10.1. The minimum atomic E-state index is -0.370. The van der Waals surface area contributed by atoms with Crippen LogP contribution in [0.3, 0.4) is 0 Å². The van der Waals surface area contributed by atoms with E-state index >= 15 is 0 Å². The van der Waals surface area contributed by atoms with Crippen molar-refractivity contribution in [1.29, 1.82) is 0 Å². The predicted octanol–water partition coefficient (Wildman–Crippen LogP) is 1.80. The first-order valence-electron chi connectivity index (χ1n) is 6.30. The highest BCUT2D eigenvalue weighted by molar-refractivity contribution is 5.38. The van der Waals surface area contributed by atoms with Gasteiger partial charge in [0, 0.05) is 0 Å². The number of ether oxygens (including phenoxy) is 1. The second-order valence-corrected chi connectivity index (χ2v) is 4.75. The Balaban J connectivity index is 2.10. The van der Waals surface area contributed by atoms with Crippen LogP contribution >= 0.6 is 0 Å². The summed E-state index contributed by atoms with van der Waals surface area (Å²) in [6.07, 6.45) is 1.15. The first kappa shape index (κ1) is 12.4. The maximum absolute atomic E-state index is 10.0. The molecule has 2 unspecified atom stereocenters. The van der Waals surface area contributed by atoms with Crippen molar-refractivity contribution in [3.63, 3.8) is 0 Å². The molecule has 0 amide bonds. The van der Waals surface area contributed by atoms with Crippen LogP contribution in [0.5, 0.6) is 5.75 Å². The van der Waals surface area contributed by atoms with E-state index < -0.39 is 0 Å². The first-order valence-corrected chi connectivity index (χ1v) is 6.30. The Bertz CT molecular complexity index is 378. The van der Waals surface area contributed by atoms with Crippen LogP contribution in [0.15, 0.2) is 18.2 Å². The number of nitrogens with one attached hydrogen (secondary N) is 1. The zero-order chi connectivity index (χ0) is 12.3. The Morgan fingerprint density at radius 1 is 1.24 bits per heavy atom. The van der Waals surface area contributed by atoms with Crippen LogP contribution in [0, 0.1) is 13.8 Å². The molecule has 0 radical (unpaired) electrons. The lowest BCUT2D eigenvalue weighted by Gasteiger charge is -2.23. The van der Waals surface area contributed by atoms with Gasteiger partial charge in [0.25, 0.3) is 0 Å². The van der Waals surface area contributed by atoms with Crippen LogP contribution in [-0.2, 0) is 0 Å². The lowest BCUT2D eigenvalue weighted by molar-refractivity contribution is 0.0346. The van der Waals surface area contributed by atoms with Gasteiger partial charge in [0.15, 0.2) is 0 Å². The predicted molar refractivity (Wildman–Crippen MR) is 68.4 cm³/mol. The third-order valence-electron chi connectivity index (χ3n) is 3.48. The Labute approximate surface area is 103 Å². The molecule has 0 aromatic heterocycles. The van der Waals surface area contributed by atoms with E-state index in [1.165, 1.54) is 5.56 Å². The number of aryl methyl sites for hydroxylation is 1. The average Bonchev–Trinajstić information content (AvgIpc) is 2.51. The van der Waals surface area contributed by atoms with E-state index in [9.17, 15) is 5.11 Å². The molecule has 2 rings (SSSR count).